The molecular formula is C13H6Br2F2O3. The molecule has 0 aromatic heterocycles. The highest BCUT2D eigenvalue weighted by Gasteiger charge is 2.18. The van der Waals surface area contributed by atoms with Crippen LogP contribution in [0.15, 0.2) is 39.3 Å². The van der Waals surface area contributed by atoms with Gasteiger partial charge in [-0.25, -0.2) is 13.6 Å². The SMILES string of the molecule is O=C(O)c1ccc(Oc2cc(Br)ccc2F)c(F)c1Br. The van der Waals surface area contributed by atoms with Crippen molar-refractivity contribution in [1.82, 2.24) is 0 Å². The summed E-state index contributed by atoms with van der Waals surface area (Å²) in [4.78, 5) is 10.8. The van der Waals surface area contributed by atoms with Crippen molar-refractivity contribution >= 4 is 37.8 Å². The summed E-state index contributed by atoms with van der Waals surface area (Å²) in [5, 5.41) is 8.85. The maximum Gasteiger partial charge on any atom is 0.336 e. The highest BCUT2D eigenvalue weighted by molar-refractivity contribution is 9.10. The van der Waals surface area contributed by atoms with Gasteiger partial charge >= 0.3 is 5.97 Å². The minimum Gasteiger partial charge on any atom is -0.478 e. The molecule has 0 atom stereocenters. The number of hydrogen-bond donors (Lipinski definition) is 1. The lowest BCUT2D eigenvalue weighted by molar-refractivity contribution is 0.0695. The Morgan fingerprint density at radius 2 is 1.80 bits per heavy atom. The number of ether oxygens (including phenoxy) is 1. The summed E-state index contributed by atoms with van der Waals surface area (Å²) in [5.41, 5.74) is -0.246. The summed E-state index contributed by atoms with van der Waals surface area (Å²) in [5.74, 6) is -3.31. The Hall–Kier alpha value is -1.47. The third kappa shape index (κ3) is 2.99. The molecule has 0 radical (unpaired) electrons. The fourth-order valence-electron chi connectivity index (χ4n) is 1.45. The highest BCUT2D eigenvalue weighted by Crippen LogP contribution is 2.33. The second kappa shape index (κ2) is 5.88. The summed E-state index contributed by atoms with van der Waals surface area (Å²) >= 11 is 5.99. The molecule has 0 fully saturated rings. The zero-order valence-corrected chi connectivity index (χ0v) is 12.8. The zero-order chi connectivity index (χ0) is 14.9. The molecule has 7 heteroatoms. The molecular weight excluding hydrogens is 402 g/mol. The van der Waals surface area contributed by atoms with Crippen molar-refractivity contribution in [2.45, 2.75) is 0 Å². The third-order valence-corrected chi connectivity index (χ3v) is 3.66. The molecule has 0 aliphatic rings. The zero-order valence-electron chi connectivity index (χ0n) is 9.66. The molecule has 0 bridgehead atoms. The minimum atomic E-state index is -1.28. The first-order chi connectivity index (χ1) is 9.40. The summed E-state index contributed by atoms with van der Waals surface area (Å²) < 4.78 is 32.9. The van der Waals surface area contributed by atoms with E-state index in [1.54, 1.807) is 0 Å². The van der Waals surface area contributed by atoms with Crippen molar-refractivity contribution in [2.24, 2.45) is 0 Å². The average Bonchev–Trinajstić information content (AvgIpc) is 2.39. The number of benzene rings is 2. The largest absolute Gasteiger partial charge is 0.478 e. The molecule has 0 aliphatic carbocycles. The molecule has 1 N–H and O–H groups in total. The summed E-state index contributed by atoms with van der Waals surface area (Å²) in [7, 11) is 0. The van der Waals surface area contributed by atoms with E-state index in [4.69, 9.17) is 9.84 Å². The van der Waals surface area contributed by atoms with Gasteiger partial charge in [0.05, 0.1) is 10.0 Å². The van der Waals surface area contributed by atoms with Crippen LogP contribution in [0.2, 0.25) is 0 Å². The van der Waals surface area contributed by atoms with E-state index in [0.717, 1.165) is 12.1 Å². The Bertz CT molecular complexity index is 690. The number of carboxylic acid groups (broad SMARTS) is 1. The monoisotopic (exact) mass is 406 g/mol. The molecule has 0 saturated heterocycles. The van der Waals surface area contributed by atoms with Crippen LogP contribution >= 0.6 is 31.9 Å². The molecule has 3 nitrogen and oxygen atoms in total. The van der Waals surface area contributed by atoms with Crippen LogP contribution in [0.5, 0.6) is 11.5 Å². The van der Waals surface area contributed by atoms with Crippen molar-refractivity contribution in [3.63, 3.8) is 0 Å². The topological polar surface area (TPSA) is 46.5 Å². The van der Waals surface area contributed by atoms with Crippen LogP contribution in [0.3, 0.4) is 0 Å². The lowest BCUT2D eigenvalue weighted by Crippen LogP contribution is -2.01. The Kier molecular flexibility index (Phi) is 4.39. The van der Waals surface area contributed by atoms with Gasteiger partial charge in [0.15, 0.2) is 23.1 Å². The third-order valence-electron chi connectivity index (χ3n) is 2.39. The molecule has 20 heavy (non-hydrogen) atoms. The van der Waals surface area contributed by atoms with E-state index in [9.17, 15) is 13.6 Å². The molecule has 2 aromatic rings. The predicted molar refractivity (Wildman–Crippen MR) is 75.2 cm³/mol. The van der Waals surface area contributed by atoms with Crippen LogP contribution < -0.4 is 4.74 Å². The molecule has 2 aromatic carbocycles. The van der Waals surface area contributed by atoms with Gasteiger partial charge in [-0.2, -0.15) is 0 Å². The second-order valence-corrected chi connectivity index (χ2v) is 5.43. The van der Waals surface area contributed by atoms with E-state index >= 15 is 0 Å². The minimum absolute atomic E-state index is 0.173. The van der Waals surface area contributed by atoms with Crippen LogP contribution in [0.1, 0.15) is 10.4 Å². The van der Waals surface area contributed by atoms with Gasteiger partial charge in [-0.3, -0.25) is 0 Å². The van der Waals surface area contributed by atoms with Crippen molar-refractivity contribution in [3.8, 4) is 11.5 Å². The number of aromatic carboxylic acids is 1. The Balaban J connectivity index is 2.42. The molecule has 0 unspecified atom stereocenters. The molecule has 104 valence electrons. The summed E-state index contributed by atoms with van der Waals surface area (Å²) in [6, 6.07) is 6.28. The molecule has 0 aliphatic heterocycles. The number of carbonyl (C=O) groups is 1. The second-order valence-electron chi connectivity index (χ2n) is 3.72. The Morgan fingerprint density at radius 3 is 2.45 bits per heavy atom. The van der Waals surface area contributed by atoms with Gasteiger partial charge in [0, 0.05) is 4.47 Å². The normalized spacial score (nSPS) is 10.4. The maximum atomic E-state index is 14.0. The van der Waals surface area contributed by atoms with Gasteiger partial charge in [0.25, 0.3) is 0 Å². The van der Waals surface area contributed by atoms with Crippen LogP contribution in [-0.2, 0) is 0 Å². The average molecular weight is 408 g/mol. The van der Waals surface area contributed by atoms with E-state index in [0.29, 0.717) is 4.47 Å². The van der Waals surface area contributed by atoms with Crippen LogP contribution in [0, 0.1) is 11.6 Å². The summed E-state index contributed by atoms with van der Waals surface area (Å²) in [6.07, 6.45) is 0. The van der Waals surface area contributed by atoms with E-state index in [-0.39, 0.29) is 21.5 Å². The van der Waals surface area contributed by atoms with Crippen LogP contribution in [-0.4, -0.2) is 11.1 Å². The van der Waals surface area contributed by atoms with Gasteiger partial charge < -0.3 is 9.84 Å². The van der Waals surface area contributed by atoms with E-state index in [1.165, 1.54) is 18.2 Å². The fraction of sp³-hybridized carbons (Fsp3) is 0. The molecule has 0 heterocycles. The standard InChI is InChI=1S/C13H6Br2F2O3/c14-6-1-3-8(16)10(5-6)20-9-4-2-7(13(18)19)11(15)12(9)17/h1-5H,(H,18,19). The fourth-order valence-corrected chi connectivity index (χ4v) is 2.29. The van der Waals surface area contributed by atoms with E-state index in [2.05, 4.69) is 31.9 Å². The predicted octanol–water partition coefficient (Wildman–Crippen LogP) is 4.98. The summed E-state index contributed by atoms with van der Waals surface area (Å²) in [6.45, 7) is 0. The smallest absolute Gasteiger partial charge is 0.336 e. The molecule has 0 amide bonds. The van der Waals surface area contributed by atoms with Gasteiger partial charge in [-0.05, 0) is 46.3 Å². The molecule has 0 saturated carbocycles. The van der Waals surface area contributed by atoms with Crippen LogP contribution in [0.4, 0.5) is 8.78 Å². The quantitative estimate of drug-likeness (QED) is 0.780. The first-order valence-electron chi connectivity index (χ1n) is 5.24. The van der Waals surface area contributed by atoms with Crippen LogP contribution in [0.25, 0.3) is 0 Å². The van der Waals surface area contributed by atoms with Crippen molar-refractivity contribution in [1.29, 1.82) is 0 Å². The Labute approximate surface area is 129 Å². The van der Waals surface area contributed by atoms with Gasteiger partial charge in [0.2, 0.25) is 0 Å². The lowest BCUT2D eigenvalue weighted by Gasteiger charge is -2.10. The van der Waals surface area contributed by atoms with Crippen molar-refractivity contribution < 1.29 is 23.4 Å². The van der Waals surface area contributed by atoms with Gasteiger partial charge in [-0.1, -0.05) is 15.9 Å². The van der Waals surface area contributed by atoms with Gasteiger partial charge in [-0.15, -0.1) is 0 Å². The maximum absolute atomic E-state index is 14.0. The first kappa shape index (κ1) is 14.9. The van der Waals surface area contributed by atoms with Crippen molar-refractivity contribution in [3.05, 3.63) is 56.5 Å². The van der Waals surface area contributed by atoms with E-state index < -0.39 is 17.6 Å². The van der Waals surface area contributed by atoms with Gasteiger partial charge in [0.1, 0.15) is 0 Å². The molecule has 2 rings (SSSR count). The number of carboxylic acids is 1. The lowest BCUT2D eigenvalue weighted by atomic mass is 10.2. The highest BCUT2D eigenvalue weighted by atomic mass is 79.9. The molecule has 0 spiro atoms. The Morgan fingerprint density at radius 1 is 1.10 bits per heavy atom. The number of rotatable bonds is 3. The first-order valence-corrected chi connectivity index (χ1v) is 6.83. The number of hydrogen-bond acceptors (Lipinski definition) is 2. The van der Waals surface area contributed by atoms with E-state index in [1.807, 2.05) is 0 Å². The number of halogens is 4. The van der Waals surface area contributed by atoms with Crippen molar-refractivity contribution in [2.75, 3.05) is 0 Å².